The van der Waals surface area contributed by atoms with E-state index in [1.165, 1.54) is 11.3 Å². The highest BCUT2D eigenvalue weighted by atomic mass is 16.5. The van der Waals surface area contributed by atoms with Crippen LogP contribution >= 0.6 is 0 Å². The SMILES string of the molecule is Cc1cccc(CNC(=O)Cc2ccc(-c3ccc(N4CCOC[C@@H]4C)cc3)cn2)c1. The lowest BCUT2D eigenvalue weighted by Gasteiger charge is -2.35. The zero-order chi connectivity index (χ0) is 21.6. The van der Waals surface area contributed by atoms with Crippen LogP contribution in [0.1, 0.15) is 23.7 Å². The summed E-state index contributed by atoms with van der Waals surface area (Å²) in [6.45, 7) is 7.23. The number of nitrogens with one attached hydrogen (secondary N) is 1. The first-order valence-electron chi connectivity index (χ1n) is 10.8. The molecule has 5 heteroatoms. The van der Waals surface area contributed by atoms with Crippen molar-refractivity contribution in [2.24, 2.45) is 0 Å². The first-order valence-corrected chi connectivity index (χ1v) is 10.8. The molecule has 1 amide bonds. The molecular formula is C26H29N3O2. The number of carbonyl (C=O) groups excluding carboxylic acids is 1. The van der Waals surface area contributed by atoms with E-state index in [9.17, 15) is 4.79 Å². The number of hydrogen-bond donors (Lipinski definition) is 1. The molecule has 1 aliphatic heterocycles. The molecule has 3 aromatic rings. The Labute approximate surface area is 184 Å². The molecular weight excluding hydrogens is 386 g/mol. The van der Waals surface area contributed by atoms with Crippen molar-refractivity contribution in [3.05, 3.63) is 83.7 Å². The van der Waals surface area contributed by atoms with Gasteiger partial charge in [-0.25, -0.2) is 0 Å². The van der Waals surface area contributed by atoms with E-state index in [1.54, 1.807) is 0 Å². The summed E-state index contributed by atoms with van der Waals surface area (Å²) in [6.07, 6.45) is 2.12. The zero-order valence-electron chi connectivity index (χ0n) is 18.2. The summed E-state index contributed by atoms with van der Waals surface area (Å²) in [4.78, 5) is 19.2. The molecule has 2 aromatic carbocycles. The second-order valence-electron chi connectivity index (χ2n) is 8.14. The maximum Gasteiger partial charge on any atom is 0.226 e. The molecule has 0 bridgehead atoms. The fourth-order valence-corrected chi connectivity index (χ4v) is 3.91. The van der Waals surface area contributed by atoms with Crippen LogP contribution in [0.2, 0.25) is 0 Å². The highest BCUT2D eigenvalue weighted by Crippen LogP contribution is 2.25. The Hall–Kier alpha value is -3.18. The summed E-state index contributed by atoms with van der Waals surface area (Å²) in [5, 5.41) is 2.97. The van der Waals surface area contributed by atoms with E-state index in [4.69, 9.17) is 4.74 Å². The van der Waals surface area contributed by atoms with Crippen LogP contribution in [0, 0.1) is 6.92 Å². The van der Waals surface area contributed by atoms with Gasteiger partial charge < -0.3 is 15.0 Å². The van der Waals surface area contributed by atoms with E-state index < -0.39 is 0 Å². The molecule has 0 unspecified atom stereocenters. The Kier molecular flexibility index (Phi) is 6.63. The Bertz CT molecular complexity index is 1020. The number of ether oxygens (including phenoxy) is 1. The Morgan fingerprint density at radius 1 is 1.13 bits per heavy atom. The molecule has 2 heterocycles. The molecule has 1 aliphatic rings. The van der Waals surface area contributed by atoms with Crippen molar-refractivity contribution >= 4 is 11.6 Å². The number of aryl methyl sites for hydroxylation is 1. The van der Waals surface area contributed by atoms with Crippen LogP contribution in [0.3, 0.4) is 0 Å². The van der Waals surface area contributed by atoms with Crippen LogP contribution in [0.4, 0.5) is 5.69 Å². The number of hydrogen-bond acceptors (Lipinski definition) is 4. The standard InChI is InChI=1S/C26H29N3O2/c1-19-4-3-5-21(14-19)16-28-26(30)15-24-9-6-23(17-27-24)22-7-10-25(11-8-22)29-12-13-31-18-20(29)2/h3-11,14,17,20H,12-13,15-16,18H2,1-2H3,(H,28,30)/t20-/m0/s1. The van der Waals surface area contributed by atoms with E-state index in [1.807, 2.05) is 43.5 Å². The summed E-state index contributed by atoms with van der Waals surface area (Å²) in [7, 11) is 0. The molecule has 0 aliphatic carbocycles. The molecule has 0 spiro atoms. The van der Waals surface area contributed by atoms with Crippen LogP contribution in [0.5, 0.6) is 0 Å². The third kappa shape index (κ3) is 5.50. The van der Waals surface area contributed by atoms with Crippen LogP contribution in [0.15, 0.2) is 66.9 Å². The minimum atomic E-state index is -0.0225. The Balaban J connectivity index is 1.34. The summed E-state index contributed by atoms with van der Waals surface area (Å²) in [5.41, 5.74) is 6.44. The van der Waals surface area contributed by atoms with Crippen molar-refractivity contribution < 1.29 is 9.53 Å². The van der Waals surface area contributed by atoms with Gasteiger partial charge in [0.15, 0.2) is 0 Å². The normalized spacial score (nSPS) is 16.2. The second-order valence-corrected chi connectivity index (χ2v) is 8.14. The topological polar surface area (TPSA) is 54.5 Å². The van der Waals surface area contributed by atoms with Gasteiger partial charge in [-0.05, 0) is 43.2 Å². The van der Waals surface area contributed by atoms with Gasteiger partial charge in [0.05, 0.1) is 19.6 Å². The lowest BCUT2D eigenvalue weighted by molar-refractivity contribution is -0.120. The van der Waals surface area contributed by atoms with Crippen molar-refractivity contribution in [2.75, 3.05) is 24.7 Å². The summed E-state index contributed by atoms with van der Waals surface area (Å²) < 4.78 is 5.53. The number of aromatic nitrogens is 1. The summed E-state index contributed by atoms with van der Waals surface area (Å²) >= 11 is 0. The van der Waals surface area contributed by atoms with Gasteiger partial charge in [-0.2, -0.15) is 0 Å². The number of anilines is 1. The number of rotatable bonds is 6. The summed E-state index contributed by atoms with van der Waals surface area (Å²) in [6, 6.07) is 21.1. The number of carbonyl (C=O) groups is 1. The number of benzene rings is 2. The second kappa shape index (κ2) is 9.75. The third-order valence-corrected chi connectivity index (χ3v) is 5.64. The number of pyridine rings is 1. The summed E-state index contributed by atoms with van der Waals surface area (Å²) in [5.74, 6) is -0.0225. The van der Waals surface area contributed by atoms with Crippen molar-refractivity contribution in [1.29, 1.82) is 0 Å². The van der Waals surface area contributed by atoms with Crippen LogP contribution in [-0.4, -0.2) is 36.7 Å². The quantitative estimate of drug-likeness (QED) is 0.657. The monoisotopic (exact) mass is 415 g/mol. The van der Waals surface area contributed by atoms with Gasteiger partial charge in [0.2, 0.25) is 5.91 Å². The number of morpholine rings is 1. The van der Waals surface area contributed by atoms with Crippen molar-refractivity contribution in [1.82, 2.24) is 10.3 Å². The maximum absolute atomic E-state index is 12.3. The van der Waals surface area contributed by atoms with Gasteiger partial charge in [0.25, 0.3) is 0 Å². The van der Waals surface area contributed by atoms with Crippen molar-refractivity contribution in [3.8, 4) is 11.1 Å². The van der Waals surface area contributed by atoms with Crippen molar-refractivity contribution in [3.63, 3.8) is 0 Å². The maximum atomic E-state index is 12.3. The van der Waals surface area contributed by atoms with Gasteiger partial charge in [0.1, 0.15) is 0 Å². The van der Waals surface area contributed by atoms with Crippen molar-refractivity contribution in [2.45, 2.75) is 32.9 Å². The molecule has 1 aromatic heterocycles. The fourth-order valence-electron chi connectivity index (χ4n) is 3.91. The molecule has 5 nitrogen and oxygen atoms in total. The van der Waals surface area contributed by atoms with E-state index >= 15 is 0 Å². The van der Waals surface area contributed by atoms with Gasteiger partial charge in [-0.15, -0.1) is 0 Å². The Morgan fingerprint density at radius 2 is 1.94 bits per heavy atom. The molecule has 1 N–H and O–H groups in total. The van der Waals surface area contributed by atoms with E-state index in [-0.39, 0.29) is 12.3 Å². The smallest absolute Gasteiger partial charge is 0.226 e. The minimum absolute atomic E-state index is 0.0225. The lowest BCUT2D eigenvalue weighted by Crippen LogP contribution is -2.43. The van der Waals surface area contributed by atoms with E-state index in [0.717, 1.165) is 42.1 Å². The average molecular weight is 416 g/mol. The molecule has 1 fully saturated rings. The zero-order valence-corrected chi connectivity index (χ0v) is 18.2. The first-order chi connectivity index (χ1) is 15.1. The molecule has 0 radical (unpaired) electrons. The largest absolute Gasteiger partial charge is 0.377 e. The van der Waals surface area contributed by atoms with Crippen LogP contribution < -0.4 is 10.2 Å². The van der Waals surface area contributed by atoms with Gasteiger partial charge >= 0.3 is 0 Å². The molecule has 31 heavy (non-hydrogen) atoms. The predicted octanol–water partition coefficient (Wildman–Crippen LogP) is 4.14. The fraction of sp³-hybridized carbons (Fsp3) is 0.308. The van der Waals surface area contributed by atoms with Crippen LogP contribution in [0.25, 0.3) is 11.1 Å². The highest BCUT2D eigenvalue weighted by molar-refractivity contribution is 5.78. The third-order valence-electron chi connectivity index (χ3n) is 5.64. The number of amides is 1. The highest BCUT2D eigenvalue weighted by Gasteiger charge is 2.18. The molecule has 1 atom stereocenters. The molecule has 4 rings (SSSR count). The van der Waals surface area contributed by atoms with Gasteiger partial charge in [0, 0.05) is 42.3 Å². The molecule has 1 saturated heterocycles. The number of nitrogens with zero attached hydrogens (tertiary/aromatic N) is 2. The average Bonchev–Trinajstić information content (AvgIpc) is 2.79. The Morgan fingerprint density at radius 3 is 2.65 bits per heavy atom. The molecule has 160 valence electrons. The molecule has 0 saturated carbocycles. The first kappa shape index (κ1) is 21.1. The van der Waals surface area contributed by atoms with Gasteiger partial charge in [-0.3, -0.25) is 9.78 Å². The van der Waals surface area contributed by atoms with E-state index in [0.29, 0.717) is 12.6 Å². The van der Waals surface area contributed by atoms with Gasteiger partial charge in [-0.1, -0.05) is 48.0 Å². The van der Waals surface area contributed by atoms with E-state index in [2.05, 4.69) is 52.5 Å². The predicted molar refractivity (Wildman–Crippen MR) is 124 cm³/mol. The van der Waals surface area contributed by atoms with Crippen LogP contribution in [-0.2, 0) is 22.5 Å². The lowest BCUT2D eigenvalue weighted by atomic mass is 10.1. The minimum Gasteiger partial charge on any atom is -0.377 e.